The Balaban J connectivity index is 1.55. The molecule has 0 saturated carbocycles. The number of carbonyl (C=O) groups is 1. The molecule has 4 aromatic rings. The molecular weight excluding hydrogens is 683 g/mol. The Morgan fingerprint density at radius 1 is 0.940 bits per heavy atom. The van der Waals surface area contributed by atoms with Gasteiger partial charge in [-0.2, -0.15) is 5.26 Å². The number of halogens is 2. The number of benzene rings is 3. The van der Waals surface area contributed by atoms with Crippen LogP contribution in [0.4, 0.5) is 0 Å². The number of rotatable bonds is 19. The van der Waals surface area contributed by atoms with E-state index in [9.17, 15) is 20.3 Å². The van der Waals surface area contributed by atoms with Gasteiger partial charge < -0.3 is 34.8 Å². The molecule has 0 amide bonds. The molecule has 0 aliphatic heterocycles. The summed E-state index contributed by atoms with van der Waals surface area (Å²) in [6.45, 7) is 4.79. The van der Waals surface area contributed by atoms with Gasteiger partial charge in [-0.1, -0.05) is 53.5 Å². The van der Waals surface area contributed by atoms with Crippen molar-refractivity contribution in [3.05, 3.63) is 105 Å². The van der Waals surface area contributed by atoms with Crippen molar-refractivity contribution in [2.75, 3.05) is 32.9 Å². The minimum absolute atomic E-state index is 0.0144. The van der Waals surface area contributed by atoms with Gasteiger partial charge in [0.1, 0.15) is 42.1 Å². The average Bonchev–Trinajstić information content (AvgIpc) is 3.12. The van der Waals surface area contributed by atoms with Crippen LogP contribution < -0.4 is 24.8 Å². The van der Waals surface area contributed by atoms with E-state index in [1.807, 2.05) is 43.3 Å². The molecule has 0 radical (unpaired) electrons. The van der Waals surface area contributed by atoms with Crippen LogP contribution in [0, 0.1) is 18.3 Å². The highest BCUT2D eigenvalue weighted by atomic mass is 35.5. The van der Waals surface area contributed by atoms with E-state index >= 15 is 0 Å². The second-order valence-corrected chi connectivity index (χ2v) is 12.5. The maximum Gasteiger partial charge on any atom is 0.326 e. The van der Waals surface area contributed by atoms with Crippen molar-refractivity contribution < 1.29 is 34.3 Å². The van der Waals surface area contributed by atoms with Crippen LogP contribution >= 0.6 is 23.2 Å². The summed E-state index contributed by atoms with van der Waals surface area (Å²) in [4.78, 5) is 15.9. The number of aliphatic carboxylic acids is 1. The van der Waals surface area contributed by atoms with Crippen LogP contribution in [0.15, 0.2) is 67.0 Å². The number of nitrogens with zero attached hydrogens (tertiary/aromatic N) is 2. The van der Waals surface area contributed by atoms with Gasteiger partial charge in [-0.05, 0) is 61.7 Å². The number of aliphatic hydroxyl groups is 2. The number of nitriles is 1. The lowest BCUT2D eigenvalue weighted by molar-refractivity contribution is -0.145. The smallest absolute Gasteiger partial charge is 0.326 e. The molecule has 0 unspecified atom stereocenters. The first-order valence-electron chi connectivity index (χ1n) is 15.9. The number of ether oxygens (including phenoxy) is 3. The zero-order valence-electron chi connectivity index (χ0n) is 27.8. The van der Waals surface area contributed by atoms with Gasteiger partial charge in [0.05, 0.1) is 35.4 Å². The molecule has 0 fully saturated rings. The molecule has 264 valence electrons. The summed E-state index contributed by atoms with van der Waals surface area (Å²) in [6, 6.07) is 18.5. The number of carboxylic acids is 1. The number of aromatic nitrogens is 1. The molecule has 50 heavy (non-hydrogen) atoms. The van der Waals surface area contributed by atoms with E-state index in [1.165, 1.54) is 13.1 Å². The number of carboxylic acid groups (broad SMARTS) is 1. The zero-order valence-corrected chi connectivity index (χ0v) is 29.4. The van der Waals surface area contributed by atoms with E-state index in [0.29, 0.717) is 52.1 Å². The van der Waals surface area contributed by atoms with Crippen LogP contribution in [0.25, 0.3) is 11.1 Å². The summed E-state index contributed by atoms with van der Waals surface area (Å²) in [6.07, 6.45) is 3.79. The lowest BCUT2D eigenvalue weighted by Crippen LogP contribution is -2.52. The summed E-state index contributed by atoms with van der Waals surface area (Å²) in [7, 11) is 0. The van der Waals surface area contributed by atoms with Crippen molar-refractivity contribution >= 4 is 29.2 Å². The third-order valence-corrected chi connectivity index (χ3v) is 8.70. The Bertz CT molecular complexity index is 1820. The first kappa shape index (κ1) is 38.4. The van der Waals surface area contributed by atoms with E-state index in [-0.39, 0.29) is 31.4 Å². The van der Waals surface area contributed by atoms with Crippen LogP contribution in [0.1, 0.15) is 41.2 Å². The molecule has 0 spiro atoms. The molecule has 3 aromatic carbocycles. The van der Waals surface area contributed by atoms with Gasteiger partial charge >= 0.3 is 5.97 Å². The van der Waals surface area contributed by atoms with Gasteiger partial charge in [0.15, 0.2) is 0 Å². The molecule has 13 heteroatoms. The van der Waals surface area contributed by atoms with Gasteiger partial charge in [0, 0.05) is 48.2 Å². The topological polar surface area (TPSA) is 166 Å². The van der Waals surface area contributed by atoms with Crippen LogP contribution in [-0.2, 0) is 24.6 Å². The second kappa shape index (κ2) is 18.5. The van der Waals surface area contributed by atoms with Crippen LogP contribution in [0.2, 0.25) is 10.0 Å². The van der Waals surface area contributed by atoms with E-state index < -0.39 is 18.1 Å². The summed E-state index contributed by atoms with van der Waals surface area (Å²) in [5.74, 6) is 0.0698. The normalized spacial score (nSPS) is 12.2. The number of pyridine rings is 1. The molecule has 0 saturated heterocycles. The largest absolute Gasteiger partial charge is 0.492 e. The highest BCUT2D eigenvalue weighted by Gasteiger charge is 2.32. The van der Waals surface area contributed by atoms with Gasteiger partial charge in [0.2, 0.25) is 0 Å². The summed E-state index contributed by atoms with van der Waals surface area (Å²) in [5.41, 5.74) is 3.55. The van der Waals surface area contributed by atoms with E-state index in [0.717, 1.165) is 35.2 Å². The predicted octanol–water partition coefficient (Wildman–Crippen LogP) is 5.67. The van der Waals surface area contributed by atoms with Crippen LogP contribution in [0.5, 0.6) is 17.2 Å². The molecule has 1 atom stereocenters. The molecule has 11 nitrogen and oxygen atoms in total. The SMILES string of the molecule is Cc1c(COc2cc(OCc3cncc(C#N)c3)c(CN[C@](C)(CO)C(=O)O)cc2Cl)cccc1-c1cccc(OCCCNCCO)c1Cl. The van der Waals surface area contributed by atoms with Crippen molar-refractivity contribution in [3.8, 4) is 34.4 Å². The third kappa shape index (κ3) is 10.1. The molecule has 1 heterocycles. The van der Waals surface area contributed by atoms with Gasteiger partial charge in [-0.15, -0.1) is 0 Å². The lowest BCUT2D eigenvalue weighted by atomic mass is 9.96. The minimum Gasteiger partial charge on any atom is -0.492 e. The fourth-order valence-corrected chi connectivity index (χ4v) is 5.46. The van der Waals surface area contributed by atoms with Gasteiger partial charge in [-0.3, -0.25) is 15.1 Å². The number of hydrogen-bond acceptors (Lipinski definition) is 10. The second-order valence-electron chi connectivity index (χ2n) is 11.7. The first-order valence-corrected chi connectivity index (χ1v) is 16.7. The Labute approximate surface area is 301 Å². The number of nitrogens with one attached hydrogen (secondary N) is 2. The quantitative estimate of drug-likeness (QED) is 0.0757. The summed E-state index contributed by atoms with van der Waals surface area (Å²) in [5, 5.41) is 44.3. The average molecular weight is 724 g/mol. The molecule has 0 bridgehead atoms. The van der Waals surface area contributed by atoms with E-state index in [4.69, 9.17) is 42.5 Å². The Kier molecular flexibility index (Phi) is 14.2. The monoisotopic (exact) mass is 722 g/mol. The number of hydrogen-bond donors (Lipinski definition) is 5. The Hall–Kier alpha value is -4.41. The highest BCUT2D eigenvalue weighted by Crippen LogP contribution is 2.38. The molecule has 4 rings (SSSR count). The fraction of sp³-hybridized carbons (Fsp3) is 0.324. The van der Waals surface area contributed by atoms with Crippen molar-refractivity contribution in [1.29, 1.82) is 5.26 Å². The molecular formula is C37H40Cl2N4O7. The van der Waals surface area contributed by atoms with Crippen LogP contribution in [-0.4, -0.2) is 64.7 Å². The standard InChI is InChI=1S/C37H40Cl2N4O7/c1-24-27(6-3-7-29(24)30-8-4-9-32(35(30)39)48-13-5-10-41-11-12-44)22-50-34-16-33(49-21-26-14-25(17-40)18-42-19-26)28(15-31(34)38)20-43-37(2,23-45)36(46)47/h3-4,6-9,14-16,18-19,41,43-45H,5,10-13,20-23H2,1-2H3,(H,46,47)/t37-/m1/s1. The zero-order chi connectivity index (χ0) is 36.1. The van der Waals surface area contributed by atoms with Gasteiger partial charge in [0.25, 0.3) is 0 Å². The Morgan fingerprint density at radius 2 is 1.70 bits per heavy atom. The number of aliphatic hydroxyl groups excluding tert-OH is 2. The van der Waals surface area contributed by atoms with Crippen LogP contribution in [0.3, 0.4) is 0 Å². The maximum atomic E-state index is 11.8. The summed E-state index contributed by atoms with van der Waals surface area (Å²) < 4.78 is 18.3. The molecule has 0 aliphatic carbocycles. The minimum atomic E-state index is -1.60. The van der Waals surface area contributed by atoms with Crippen molar-refractivity contribution in [1.82, 2.24) is 15.6 Å². The van der Waals surface area contributed by atoms with Crippen molar-refractivity contribution in [3.63, 3.8) is 0 Å². The highest BCUT2D eigenvalue weighted by molar-refractivity contribution is 6.35. The van der Waals surface area contributed by atoms with Crippen molar-refractivity contribution in [2.24, 2.45) is 0 Å². The lowest BCUT2D eigenvalue weighted by Gasteiger charge is -2.25. The van der Waals surface area contributed by atoms with Crippen molar-refractivity contribution in [2.45, 2.75) is 45.6 Å². The fourth-order valence-electron chi connectivity index (χ4n) is 4.94. The molecule has 0 aliphatic rings. The first-order chi connectivity index (χ1) is 24.1. The molecule has 5 N–H and O–H groups in total. The molecule has 1 aromatic heterocycles. The van der Waals surface area contributed by atoms with E-state index in [1.54, 1.807) is 24.4 Å². The maximum absolute atomic E-state index is 11.8. The van der Waals surface area contributed by atoms with E-state index in [2.05, 4.69) is 21.7 Å². The van der Waals surface area contributed by atoms with Gasteiger partial charge in [-0.25, -0.2) is 0 Å². The third-order valence-electron chi connectivity index (χ3n) is 8.02. The Morgan fingerprint density at radius 3 is 2.44 bits per heavy atom. The predicted molar refractivity (Wildman–Crippen MR) is 191 cm³/mol. The summed E-state index contributed by atoms with van der Waals surface area (Å²) >= 11 is 13.5.